The van der Waals surface area contributed by atoms with Crippen molar-refractivity contribution in [1.29, 1.82) is 0 Å². The summed E-state index contributed by atoms with van der Waals surface area (Å²) in [5.74, 6) is -3.53. The lowest BCUT2D eigenvalue weighted by Gasteiger charge is -2.28. The van der Waals surface area contributed by atoms with E-state index in [1.165, 1.54) is 4.90 Å². The standard InChI is InChI=1S/C23H38BrCl2N5O9/c24-13-18(32)29-7-10-39-11-12-40-16-21(35)30-17(3-4-22(36)37)23(38)31(8-1-5-27-19(33)14-25)9-2-6-28-20(34)15-26/h17H,1-16H2,(H,27,33)(H,28,34)(H,29,32)(H,30,35)(H,36,37). The lowest BCUT2D eigenvalue weighted by Crippen LogP contribution is -2.50. The molecule has 0 aliphatic carbocycles. The highest BCUT2D eigenvalue weighted by molar-refractivity contribution is 9.09. The van der Waals surface area contributed by atoms with Crippen LogP contribution in [0, 0.1) is 0 Å². The van der Waals surface area contributed by atoms with Crippen LogP contribution in [0.4, 0.5) is 0 Å². The molecule has 0 spiro atoms. The van der Waals surface area contributed by atoms with Crippen LogP contribution in [-0.4, -0.2) is 128 Å². The van der Waals surface area contributed by atoms with E-state index in [4.69, 9.17) is 37.8 Å². The highest BCUT2D eigenvalue weighted by atomic mass is 79.9. The van der Waals surface area contributed by atoms with Crippen LogP contribution in [0.2, 0.25) is 0 Å². The Hall–Kier alpha value is -2.20. The van der Waals surface area contributed by atoms with Crippen molar-refractivity contribution in [3.63, 3.8) is 0 Å². The fourth-order valence-corrected chi connectivity index (χ4v) is 3.49. The third kappa shape index (κ3) is 20.7. The minimum atomic E-state index is -1.13. The molecule has 14 nitrogen and oxygen atoms in total. The Morgan fingerprint density at radius 1 is 0.775 bits per heavy atom. The van der Waals surface area contributed by atoms with E-state index in [1.807, 2.05) is 0 Å². The molecule has 17 heteroatoms. The summed E-state index contributed by atoms with van der Waals surface area (Å²) in [5, 5.41) is 19.6. The molecule has 0 aromatic rings. The minimum absolute atomic E-state index is 0.0850. The highest BCUT2D eigenvalue weighted by Crippen LogP contribution is 2.06. The minimum Gasteiger partial charge on any atom is -0.481 e. The molecule has 40 heavy (non-hydrogen) atoms. The number of nitrogens with zero attached hydrogens (tertiary/aromatic N) is 1. The molecule has 0 fully saturated rings. The second kappa shape index (κ2) is 24.6. The van der Waals surface area contributed by atoms with Crippen molar-refractivity contribution in [2.45, 2.75) is 31.7 Å². The molecule has 5 amide bonds. The van der Waals surface area contributed by atoms with Gasteiger partial charge in [0.2, 0.25) is 29.5 Å². The molecule has 0 rings (SSSR count). The summed E-state index contributed by atoms with van der Waals surface area (Å²) in [5.41, 5.74) is 0. The van der Waals surface area contributed by atoms with Crippen molar-refractivity contribution < 1.29 is 43.3 Å². The van der Waals surface area contributed by atoms with Crippen LogP contribution >= 0.6 is 39.1 Å². The quantitative estimate of drug-likeness (QED) is 0.0642. The fourth-order valence-electron chi connectivity index (χ4n) is 3.10. The number of hydrogen-bond acceptors (Lipinski definition) is 8. The molecule has 0 heterocycles. The highest BCUT2D eigenvalue weighted by Gasteiger charge is 2.26. The van der Waals surface area contributed by atoms with Gasteiger partial charge in [0.05, 0.1) is 25.2 Å². The number of alkyl halides is 3. The zero-order valence-corrected chi connectivity index (χ0v) is 25.3. The summed E-state index contributed by atoms with van der Waals surface area (Å²) in [4.78, 5) is 72.2. The van der Waals surface area contributed by atoms with Gasteiger partial charge >= 0.3 is 5.97 Å². The molecule has 0 aromatic heterocycles. The van der Waals surface area contributed by atoms with Gasteiger partial charge in [-0.15, -0.1) is 23.2 Å². The van der Waals surface area contributed by atoms with E-state index in [-0.39, 0.29) is 100 Å². The maximum Gasteiger partial charge on any atom is 0.303 e. The Labute approximate surface area is 251 Å². The topological polar surface area (TPSA) is 192 Å². The number of rotatable bonds is 24. The lowest BCUT2D eigenvalue weighted by atomic mass is 10.1. The summed E-state index contributed by atoms with van der Waals surface area (Å²) in [6.07, 6.45) is 0.254. The second-order valence-corrected chi connectivity index (χ2v) is 9.30. The molecule has 1 unspecified atom stereocenters. The van der Waals surface area contributed by atoms with E-state index in [9.17, 15) is 28.8 Å². The number of aliphatic carboxylic acids is 1. The fraction of sp³-hybridized carbons (Fsp3) is 0.739. The molecule has 230 valence electrons. The summed E-state index contributed by atoms with van der Waals surface area (Å²) < 4.78 is 10.5. The molecule has 0 aromatic carbocycles. The Bertz CT molecular complexity index is 787. The average Bonchev–Trinajstić information content (AvgIpc) is 2.94. The van der Waals surface area contributed by atoms with Gasteiger partial charge in [0.1, 0.15) is 24.4 Å². The first-order chi connectivity index (χ1) is 19.1. The average molecular weight is 679 g/mol. The zero-order chi connectivity index (χ0) is 30.2. The van der Waals surface area contributed by atoms with Crippen LogP contribution in [0.3, 0.4) is 0 Å². The molecule has 0 saturated carbocycles. The SMILES string of the molecule is O=C(O)CCC(NC(=O)COCCOCCNC(=O)CBr)C(=O)N(CCCNC(=O)CCl)CCCNC(=O)CCl. The second-order valence-electron chi connectivity index (χ2n) is 8.20. The predicted molar refractivity (Wildman–Crippen MR) is 151 cm³/mol. The first-order valence-electron chi connectivity index (χ1n) is 12.6. The number of ether oxygens (including phenoxy) is 2. The number of carboxylic acid groups (broad SMARTS) is 1. The van der Waals surface area contributed by atoms with Crippen LogP contribution in [0.15, 0.2) is 0 Å². The van der Waals surface area contributed by atoms with Gasteiger partial charge in [0, 0.05) is 39.1 Å². The Balaban J connectivity index is 4.93. The van der Waals surface area contributed by atoms with Gasteiger partial charge in [-0.3, -0.25) is 28.8 Å². The van der Waals surface area contributed by atoms with Gasteiger partial charge < -0.3 is 40.7 Å². The van der Waals surface area contributed by atoms with Crippen molar-refractivity contribution >= 4 is 74.6 Å². The molecular formula is C23H38BrCl2N5O9. The van der Waals surface area contributed by atoms with E-state index < -0.39 is 23.8 Å². The number of carbonyl (C=O) groups is 6. The molecule has 0 aliphatic heterocycles. The van der Waals surface area contributed by atoms with Crippen LogP contribution < -0.4 is 21.3 Å². The van der Waals surface area contributed by atoms with E-state index in [0.29, 0.717) is 19.4 Å². The number of amides is 5. The Morgan fingerprint density at radius 2 is 1.32 bits per heavy atom. The van der Waals surface area contributed by atoms with Crippen LogP contribution in [0.25, 0.3) is 0 Å². The maximum atomic E-state index is 13.3. The van der Waals surface area contributed by atoms with Crippen molar-refractivity contribution in [2.24, 2.45) is 0 Å². The van der Waals surface area contributed by atoms with E-state index >= 15 is 0 Å². The van der Waals surface area contributed by atoms with Gasteiger partial charge in [-0.05, 0) is 19.3 Å². The van der Waals surface area contributed by atoms with Crippen molar-refractivity contribution in [1.82, 2.24) is 26.2 Å². The third-order valence-corrected chi connectivity index (χ3v) is 5.98. The van der Waals surface area contributed by atoms with E-state index in [1.54, 1.807) is 0 Å². The zero-order valence-electron chi connectivity index (χ0n) is 22.2. The summed E-state index contributed by atoms with van der Waals surface area (Å²) >= 11 is 14.0. The Kier molecular flexibility index (Phi) is 23.2. The number of halogens is 3. The van der Waals surface area contributed by atoms with E-state index in [0.717, 1.165) is 0 Å². The largest absolute Gasteiger partial charge is 0.481 e. The normalized spacial score (nSPS) is 11.3. The van der Waals surface area contributed by atoms with Crippen molar-refractivity contribution in [3.05, 3.63) is 0 Å². The first kappa shape index (κ1) is 37.8. The molecule has 0 aliphatic rings. The summed E-state index contributed by atoms with van der Waals surface area (Å²) in [6.45, 7) is 1.38. The molecule has 1 atom stereocenters. The molecule has 5 N–H and O–H groups in total. The van der Waals surface area contributed by atoms with Gasteiger partial charge in [0.15, 0.2) is 0 Å². The maximum absolute atomic E-state index is 13.3. The summed E-state index contributed by atoms with van der Waals surface area (Å²) in [7, 11) is 0. The molecule has 0 saturated heterocycles. The number of carbonyl (C=O) groups excluding carboxylic acids is 5. The van der Waals surface area contributed by atoms with Crippen molar-refractivity contribution in [3.8, 4) is 0 Å². The smallest absolute Gasteiger partial charge is 0.303 e. The first-order valence-corrected chi connectivity index (χ1v) is 14.8. The third-order valence-electron chi connectivity index (χ3n) is 4.98. The van der Waals surface area contributed by atoms with E-state index in [2.05, 4.69) is 37.2 Å². The van der Waals surface area contributed by atoms with Crippen molar-refractivity contribution in [2.75, 3.05) is 76.2 Å². The van der Waals surface area contributed by atoms with Gasteiger partial charge in [0.25, 0.3) is 0 Å². The van der Waals surface area contributed by atoms with Gasteiger partial charge in [-0.1, -0.05) is 15.9 Å². The molecular weight excluding hydrogens is 641 g/mol. The summed E-state index contributed by atoms with van der Waals surface area (Å²) in [6, 6.07) is -1.13. The predicted octanol–water partition coefficient (Wildman–Crippen LogP) is -0.801. The Morgan fingerprint density at radius 3 is 1.85 bits per heavy atom. The number of hydrogen-bond donors (Lipinski definition) is 5. The van der Waals surface area contributed by atoms with Crippen LogP contribution in [0.5, 0.6) is 0 Å². The van der Waals surface area contributed by atoms with Gasteiger partial charge in [-0.25, -0.2) is 0 Å². The van der Waals surface area contributed by atoms with Gasteiger partial charge in [-0.2, -0.15) is 0 Å². The van der Waals surface area contributed by atoms with Crippen LogP contribution in [0.1, 0.15) is 25.7 Å². The monoisotopic (exact) mass is 677 g/mol. The molecule has 0 bridgehead atoms. The number of carboxylic acids is 1. The molecule has 0 radical (unpaired) electrons. The number of nitrogens with one attached hydrogen (secondary N) is 4. The van der Waals surface area contributed by atoms with Crippen LogP contribution in [-0.2, 0) is 38.2 Å². The lowest BCUT2D eigenvalue weighted by molar-refractivity contribution is -0.140.